The van der Waals surface area contributed by atoms with Crippen LogP contribution in [0.2, 0.25) is 0 Å². The van der Waals surface area contributed by atoms with E-state index in [0.29, 0.717) is 0 Å². The lowest BCUT2D eigenvalue weighted by Gasteiger charge is -2.16. The highest BCUT2D eigenvalue weighted by Gasteiger charge is 2.33. The molecule has 0 heterocycles. The standard InChI is InChI=1S/C11H23N/c1-4-6-7-10(5-2)12-11-8-9(11)3/h9-12H,4-8H2,1-3H3. The molecule has 0 radical (unpaired) electrons. The highest BCUT2D eigenvalue weighted by molar-refractivity contribution is 4.91. The average molecular weight is 169 g/mol. The van der Waals surface area contributed by atoms with Gasteiger partial charge in [-0.2, -0.15) is 0 Å². The maximum absolute atomic E-state index is 3.73. The normalized spacial score (nSPS) is 30.2. The smallest absolute Gasteiger partial charge is 0.00989 e. The van der Waals surface area contributed by atoms with Crippen LogP contribution in [0.25, 0.3) is 0 Å². The van der Waals surface area contributed by atoms with Crippen molar-refractivity contribution in [3.05, 3.63) is 0 Å². The molecule has 1 nitrogen and oxygen atoms in total. The molecule has 0 aromatic rings. The fraction of sp³-hybridized carbons (Fsp3) is 1.00. The van der Waals surface area contributed by atoms with Crippen LogP contribution < -0.4 is 5.32 Å². The zero-order valence-electron chi connectivity index (χ0n) is 8.77. The van der Waals surface area contributed by atoms with Gasteiger partial charge in [-0.3, -0.25) is 0 Å². The third-order valence-corrected chi connectivity index (χ3v) is 2.96. The van der Waals surface area contributed by atoms with E-state index in [1.807, 2.05) is 0 Å². The number of hydrogen-bond donors (Lipinski definition) is 1. The number of unbranched alkanes of at least 4 members (excludes halogenated alkanes) is 1. The molecule has 0 saturated heterocycles. The Morgan fingerprint density at radius 3 is 2.50 bits per heavy atom. The van der Waals surface area contributed by atoms with Gasteiger partial charge in [-0.25, -0.2) is 0 Å². The van der Waals surface area contributed by atoms with E-state index in [0.717, 1.165) is 18.0 Å². The minimum absolute atomic E-state index is 0.792. The molecule has 1 aliphatic carbocycles. The highest BCUT2D eigenvalue weighted by Crippen LogP contribution is 2.30. The Morgan fingerprint density at radius 2 is 2.08 bits per heavy atom. The van der Waals surface area contributed by atoms with Crippen LogP contribution in [0.15, 0.2) is 0 Å². The quantitative estimate of drug-likeness (QED) is 0.644. The molecule has 0 aliphatic heterocycles. The molecule has 0 amide bonds. The predicted octanol–water partition coefficient (Wildman–Crippen LogP) is 2.95. The molecular weight excluding hydrogens is 146 g/mol. The summed E-state index contributed by atoms with van der Waals surface area (Å²) < 4.78 is 0. The van der Waals surface area contributed by atoms with Gasteiger partial charge in [-0.15, -0.1) is 0 Å². The summed E-state index contributed by atoms with van der Waals surface area (Å²) >= 11 is 0. The van der Waals surface area contributed by atoms with E-state index in [2.05, 4.69) is 26.1 Å². The summed E-state index contributed by atoms with van der Waals surface area (Å²) in [6.07, 6.45) is 6.78. The van der Waals surface area contributed by atoms with E-state index < -0.39 is 0 Å². The monoisotopic (exact) mass is 169 g/mol. The molecule has 0 bridgehead atoms. The number of nitrogens with one attached hydrogen (secondary N) is 1. The molecule has 3 atom stereocenters. The van der Waals surface area contributed by atoms with E-state index in [9.17, 15) is 0 Å². The summed E-state index contributed by atoms with van der Waals surface area (Å²) in [7, 11) is 0. The molecule has 1 N–H and O–H groups in total. The summed E-state index contributed by atoms with van der Waals surface area (Å²) in [5, 5.41) is 3.73. The maximum atomic E-state index is 3.73. The van der Waals surface area contributed by atoms with Crippen molar-refractivity contribution in [2.75, 3.05) is 0 Å². The van der Waals surface area contributed by atoms with Crippen molar-refractivity contribution >= 4 is 0 Å². The van der Waals surface area contributed by atoms with Crippen molar-refractivity contribution in [3.63, 3.8) is 0 Å². The van der Waals surface area contributed by atoms with Crippen molar-refractivity contribution in [1.29, 1.82) is 0 Å². The fourth-order valence-electron chi connectivity index (χ4n) is 1.71. The Kier molecular flexibility index (Phi) is 4.07. The SMILES string of the molecule is CCCCC(CC)NC1CC1C. The summed E-state index contributed by atoms with van der Waals surface area (Å²) in [5.74, 6) is 0.945. The zero-order chi connectivity index (χ0) is 8.97. The molecule has 72 valence electrons. The first-order chi connectivity index (χ1) is 5.77. The Hall–Kier alpha value is -0.0400. The molecule has 0 aromatic carbocycles. The molecule has 12 heavy (non-hydrogen) atoms. The van der Waals surface area contributed by atoms with Gasteiger partial charge in [0.15, 0.2) is 0 Å². The Bertz CT molecular complexity index is 122. The largest absolute Gasteiger partial charge is 0.311 e. The summed E-state index contributed by atoms with van der Waals surface area (Å²) in [6, 6.07) is 1.65. The third kappa shape index (κ3) is 3.14. The van der Waals surface area contributed by atoms with Crippen LogP contribution in [0.3, 0.4) is 0 Å². The minimum atomic E-state index is 0.792. The molecule has 0 spiro atoms. The second kappa shape index (κ2) is 4.86. The second-order valence-electron chi connectivity index (χ2n) is 4.23. The van der Waals surface area contributed by atoms with Gasteiger partial charge in [0.25, 0.3) is 0 Å². The molecule has 1 saturated carbocycles. The maximum Gasteiger partial charge on any atom is 0.00989 e. The van der Waals surface area contributed by atoms with Gasteiger partial charge in [0.05, 0.1) is 0 Å². The summed E-state index contributed by atoms with van der Waals surface area (Å²) in [5.41, 5.74) is 0. The highest BCUT2D eigenvalue weighted by atomic mass is 15.0. The van der Waals surface area contributed by atoms with Gasteiger partial charge in [0, 0.05) is 12.1 Å². The lowest BCUT2D eigenvalue weighted by molar-refractivity contribution is 0.442. The van der Waals surface area contributed by atoms with E-state index in [4.69, 9.17) is 0 Å². The Labute approximate surface area is 76.9 Å². The molecule has 1 fully saturated rings. The number of rotatable bonds is 6. The second-order valence-corrected chi connectivity index (χ2v) is 4.23. The van der Waals surface area contributed by atoms with E-state index in [1.54, 1.807) is 0 Å². The van der Waals surface area contributed by atoms with Crippen LogP contribution in [0, 0.1) is 5.92 Å². The van der Waals surface area contributed by atoms with Gasteiger partial charge in [-0.05, 0) is 25.2 Å². The average Bonchev–Trinajstić information content (AvgIpc) is 2.75. The minimum Gasteiger partial charge on any atom is -0.311 e. The molecule has 0 aromatic heterocycles. The molecule has 1 rings (SSSR count). The fourth-order valence-corrected chi connectivity index (χ4v) is 1.71. The van der Waals surface area contributed by atoms with Crippen LogP contribution in [-0.4, -0.2) is 12.1 Å². The first-order valence-electron chi connectivity index (χ1n) is 5.54. The Balaban J connectivity index is 2.08. The first-order valence-corrected chi connectivity index (χ1v) is 5.54. The van der Waals surface area contributed by atoms with Crippen LogP contribution >= 0.6 is 0 Å². The van der Waals surface area contributed by atoms with E-state index >= 15 is 0 Å². The van der Waals surface area contributed by atoms with Crippen LogP contribution in [0.5, 0.6) is 0 Å². The lowest BCUT2D eigenvalue weighted by atomic mass is 10.1. The molecular formula is C11H23N. The van der Waals surface area contributed by atoms with Gasteiger partial charge < -0.3 is 5.32 Å². The van der Waals surface area contributed by atoms with Crippen molar-refractivity contribution in [1.82, 2.24) is 5.32 Å². The predicted molar refractivity (Wildman–Crippen MR) is 54.3 cm³/mol. The van der Waals surface area contributed by atoms with Gasteiger partial charge >= 0.3 is 0 Å². The van der Waals surface area contributed by atoms with Crippen molar-refractivity contribution < 1.29 is 0 Å². The van der Waals surface area contributed by atoms with E-state index in [1.165, 1.54) is 32.1 Å². The zero-order valence-corrected chi connectivity index (χ0v) is 8.77. The summed E-state index contributed by atoms with van der Waals surface area (Å²) in [6.45, 7) is 6.90. The first kappa shape index (κ1) is 10.0. The van der Waals surface area contributed by atoms with Gasteiger partial charge in [-0.1, -0.05) is 33.6 Å². The van der Waals surface area contributed by atoms with Crippen molar-refractivity contribution in [2.45, 2.75) is 65.0 Å². The topological polar surface area (TPSA) is 12.0 Å². The lowest BCUT2D eigenvalue weighted by Crippen LogP contribution is -2.31. The molecule has 1 aliphatic rings. The molecule has 1 heteroatoms. The van der Waals surface area contributed by atoms with Crippen LogP contribution in [-0.2, 0) is 0 Å². The van der Waals surface area contributed by atoms with Crippen LogP contribution in [0.1, 0.15) is 52.9 Å². The van der Waals surface area contributed by atoms with Crippen molar-refractivity contribution in [3.8, 4) is 0 Å². The van der Waals surface area contributed by atoms with Gasteiger partial charge in [0.2, 0.25) is 0 Å². The van der Waals surface area contributed by atoms with Gasteiger partial charge in [0.1, 0.15) is 0 Å². The number of hydrogen-bond acceptors (Lipinski definition) is 1. The summed E-state index contributed by atoms with van der Waals surface area (Å²) in [4.78, 5) is 0. The molecule has 3 unspecified atom stereocenters. The van der Waals surface area contributed by atoms with E-state index in [-0.39, 0.29) is 0 Å². The Morgan fingerprint density at radius 1 is 1.42 bits per heavy atom. The van der Waals surface area contributed by atoms with Crippen molar-refractivity contribution in [2.24, 2.45) is 5.92 Å². The third-order valence-electron chi connectivity index (χ3n) is 2.96. The van der Waals surface area contributed by atoms with Crippen LogP contribution in [0.4, 0.5) is 0 Å².